The van der Waals surface area contributed by atoms with Crippen LogP contribution in [0.25, 0.3) is 11.0 Å². The second-order valence-corrected chi connectivity index (χ2v) is 7.08. The van der Waals surface area contributed by atoms with E-state index in [4.69, 9.17) is 4.84 Å². The summed E-state index contributed by atoms with van der Waals surface area (Å²) in [6.07, 6.45) is 1.78. The van der Waals surface area contributed by atoms with Crippen LogP contribution in [0.4, 0.5) is 20.3 Å². The number of pyridine rings is 1. The Hall–Kier alpha value is -2.27. The van der Waals surface area contributed by atoms with Crippen LogP contribution in [-0.4, -0.2) is 22.1 Å². The third kappa shape index (κ3) is 4.03. The van der Waals surface area contributed by atoms with Gasteiger partial charge in [-0.2, -0.15) is 0 Å². The van der Waals surface area contributed by atoms with E-state index in [9.17, 15) is 13.6 Å². The summed E-state index contributed by atoms with van der Waals surface area (Å²) in [5.74, 6) is -1.35. The lowest BCUT2D eigenvalue weighted by molar-refractivity contribution is 0.0317. The monoisotopic (exact) mass is 486 g/mol. The van der Waals surface area contributed by atoms with Crippen LogP contribution in [0.15, 0.2) is 30.5 Å². The van der Waals surface area contributed by atoms with Gasteiger partial charge >= 0.3 is 0 Å². The average Bonchev–Trinajstić information content (AvgIpc) is 2.89. The number of benzene rings is 1. The summed E-state index contributed by atoms with van der Waals surface area (Å²) >= 11 is 2.01. The zero-order valence-electron chi connectivity index (χ0n) is 14.6. The van der Waals surface area contributed by atoms with Crippen LogP contribution in [-0.2, 0) is 11.9 Å². The van der Waals surface area contributed by atoms with Gasteiger partial charge in [0.1, 0.15) is 23.1 Å². The van der Waals surface area contributed by atoms with Crippen molar-refractivity contribution in [3.63, 3.8) is 0 Å². The molecule has 0 aliphatic heterocycles. The van der Waals surface area contributed by atoms with E-state index >= 15 is 0 Å². The molecule has 0 bridgehead atoms. The largest absolute Gasteiger partial charge is 0.339 e. The minimum atomic E-state index is -0.580. The molecule has 0 aliphatic carbocycles. The number of nitrogens with zero attached hydrogens (tertiary/aromatic N) is 2. The van der Waals surface area contributed by atoms with Gasteiger partial charge in [0.05, 0.1) is 24.1 Å². The molecule has 3 rings (SSSR count). The molecule has 9 heteroatoms. The Morgan fingerprint density at radius 3 is 2.81 bits per heavy atom. The highest BCUT2D eigenvalue weighted by Gasteiger charge is 2.24. The molecule has 0 fully saturated rings. The smallest absolute Gasteiger partial charge is 0.279 e. The molecule has 2 heterocycles. The molecule has 1 aromatic carbocycles. The lowest BCUT2D eigenvalue weighted by Crippen LogP contribution is -2.25. The van der Waals surface area contributed by atoms with Crippen molar-refractivity contribution in [2.45, 2.75) is 13.3 Å². The predicted molar refractivity (Wildman–Crippen MR) is 107 cm³/mol. The second kappa shape index (κ2) is 8.17. The van der Waals surface area contributed by atoms with Crippen molar-refractivity contribution in [1.82, 2.24) is 15.0 Å². The number of fused-ring (bicyclic) bond motifs is 1. The number of rotatable bonds is 6. The van der Waals surface area contributed by atoms with Crippen molar-refractivity contribution in [2.75, 3.05) is 11.9 Å². The molecule has 6 nitrogen and oxygen atoms in total. The van der Waals surface area contributed by atoms with Gasteiger partial charge in [-0.25, -0.2) is 19.2 Å². The number of hydrogen-bond acceptors (Lipinski definition) is 4. The Morgan fingerprint density at radius 2 is 2.11 bits per heavy atom. The number of aromatic nitrogens is 2. The highest BCUT2D eigenvalue weighted by Crippen LogP contribution is 2.32. The van der Waals surface area contributed by atoms with Crippen LogP contribution in [0.2, 0.25) is 0 Å². The number of carbonyl (C=O) groups is 1. The molecule has 2 aromatic heterocycles. The number of anilines is 2. The molecule has 0 aliphatic rings. The summed E-state index contributed by atoms with van der Waals surface area (Å²) in [7, 11) is 1.66. The van der Waals surface area contributed by atoms with Gasteiger partial charge in [-0.3, -0.25) is 9.63 Å². The number of halogens is 3. The molecule has 27 heavy (non-hydrogen) atoms. The number of aryl methyl sites for hydroxylation is 1. The van der Waals surface area contributed by atoms with Crippen LogP contribution in [0.3, 0.4) is 0 Å². The zero-order valence-corrected chi connectivity index (χ0v) is 16.8. The fourth-order valence-corrected chi connectivity index (χ4v) is 3.10. The molecule has 0 atom stereocenters. The van der Waals surface area contributed by atoms with Crippen molar-refractivity contribution in [2.24, 2.45) is 7.05 Å². The standard InChI is InChI=1S/C18H17F2IN4O2/c1-3-6-27-24-18(26)15-12-7-10(19)9-22-16(12)25(2)17(15)23-14-5-4-11(21)8-13(14)20/h4-5,7-9,23H,3,6H2,1-2H3,(H,24,26). The van der Waals surface area contributed by atoms with Gasteiger partial charge in [-0.1, -0.05) is 6.92 Å². The first-order valence-electron chi connectivity index (χ1n) is 8.20. The third-order valence-corrected chi connectivity index (χ3v) is 4.55. The number of nitrogens with one attached hydrogen (secondary N) is 2. The fraction of sp³-hybridized carbons (Fsp3) is 0.222. The first-order chi connectivity index (χ1) is 12.9. The third-order valence-electron chi connectivity index (χ3n) is 3.87. The number of hydroxylamine groups is 1. The Bertz CT molecular complexity index is 1010. The topological polar surface area (TPSA) is 68.2 Å². The molecule has 3 aromatic rings. The Balaban J connectivity index is 2.10. The summed E-state index contributed by atoms with van der Waals surface area (Å²) < 4.78 is 30.3. The van der Waals surface area contributed by atoms with Gasteiger partial charge in [0.15, 0.2) is 0 Å². The van der Waals surface area contributed by atoms with Crippen LogP contribution in [0.1, 0.15) is 23.7 Å². The highest BCUT2D eigenvalue weighted by molar-refractivity contribution is 14.1. The van der Waals surface area contributed by atoms with Crippen molar-refractivity contribution >= 4 is 51.0 Å². The van der Waals surface area contributed by atoms with E-state index in [1.54, 1.807) is 23.7 Å². The van der Waals surface area contributed by atoms with Crippen molar-refractivity contribution < 1.29 is 18.4 Å². The molecule has 0 radical (unpaired) electrons. The lowest BCUT2D eigenvalue weighted by Gasteiger charge is -2.12. The maximum Gasteiger partial charge on any atom is 0.279 e. The van der Waals surface area contributed by atoms with Crippen molar-refractivity contribution in [1.29, 1.82) is 0 Å². The highest BCUT2D eigenvalue weighted by atomic mass is 127. The molecule has 2 N–H and O–H groups in total. The maximum absolute atomic E-state index is 14.3. The summed E-state index contributed by atoms with van der Waals surface area (Å²) in [6.45, 7) is 2.23. The molecular formula is C18H17F2IN4O2. The Morgan fingerprint density at radius 1 is 1.33 bits per heavy atom. The minimum absolute atomic E-state index is 0.119. The van der Waals surface area contributed by atoms with E-state index in [-0.39, 0.29) is 17.1 Å². The summed E-state index contributed by atoms with van der Waals surface area (Å²) in [5.41, 5.74) is 3.02. The quantitative estimate of drug-likeness (QED) is 0.310. The molecule has 1 amide bonds. The predicted octanol–water partition coefficient (Wildman–Crippen LogP) is 4.27. The summed E-state index contributed by atoms with van der Waals surface area (Å²) in [4.78, 5) is 21.8. The van der Waals surface area contributed by atoms with Crippen LogP contribution >= 0.6 is 22.6 Å². The van der Waals surface area contributed by atoms with Gasteiger partial charge < -0.3 is 9.88 Å². The normalized spacial score (nSPS) is 11.0. The van der Waals surface area contributed by atoms with E-state index in [2.05, 4.69) is 15.8 Å². The number of carbonyl (C=O) groups excluding carboxylic acids is 1. The molecule has 0 spiro atoms. The fourth-order valence-electron chi connectivity index (χ4n) is 2.65. The number of amides is 1. The van der Waals surface area contributed by atoms with Gasteiger partial charge in [0.25, 0.3) is 5.91 Å². The SMILES string of the molecule is CCCONC(=O)c1c(Nc2ccc(I)cc2F)n(C)c2ncc(F)cc12. The van der Waals surface area contributed by atoms with Gasteiger partial charge in [0, 0.05) is 16.0 Å². The van der Waals surface area contributed by atoms with E-state index < -0.39 is 17.5 Å². The Labute approximate surface area is 168 Å². The average molecular weight is 486 g/mol. The first kappa shape index (κ1) is 19.5. The zero-order chi connectivity index (χ0) is 19.6. The van der Waals surface area contributed by atoms with Gasteiger partial charge in [0.2, 0.25) is 0 Å². The van der Waals surface area contributed by atoms with Gasteiger partial charge in [-0.15, -0.1) is 0 Å². The summed E-state index contributed by atoms with van der Waals surface area (Å²) in [6, 6.07) is 5.88. The second-order valence-electron chi connectivity index (χ2n) is 5.84. The Kier molecular flexibility index (Phi) is 5.90. The molecule has 142 valence electrons. The van der Waals surface area contributed by atoms with Crippen LogP contribution in [0, 0.1) is 15.2 Å². The van der Waals surface area contributed by atoms with E-state index in [1.165, 1.54) is 12.1 Å². The molecule has 0 unspecified atom stereocenters. The lowest BCUT2D eigenvalue weighted by atomic mass is 10.2. The first-order valence-corrected chi connectivity index (χ1v) is 9.28. The van der Waals surface area contributed by atoms with Gasteiger partial charge in [-0.05, 0) is 53.3 Å². The molecule has 0 saturated carbocycles. The summed E-state index contributed by atoms with van der Waals surface area (Å²) in [5, 5.41) is 3.22. The van der Waals surface area contributed by atoms with E-state index in [1.807, 2.05) is 29.5 Å². The van der Waals surface area contributed by atoms with E-state index in [0.29, 0.717) is 24.1 Å². The van der Waals surface area contributed by atoms with Crippen LogP contribution in [0.5, 0.6) is 0 Å². The molecule has 0 saturated heterocycles. The maximum atomic E-state index is 14.3. The molecular weight excluding hydrogens is 469 g/mol. The van der Waals surface area contributed by atoms with Crippen molar-refractivity contribution in [3.8, 4) is 0 Å². The number of hydrogen-bond donors (Lipinski definition) is 2. The minimum Gasteiger partial charge on any atom is -0.339 e. The van der Waals surface area contributed by atoms with Crippen molar-refractivity contribution in [3.05, 3.63) is 51.2 Å². The van der Waals surface area contributed by atoms with Crippen LogP contribution < -0.4 is 10.8 Å². The van der Waals surface area contributed by atoms with E-state index in [0.717, 1.165) is 9.77 Å².